The molecule has 2 rings (SSSR count). The number of hydrogen-bond acceptors (Lipinski definition) is 2. The van der Waals surface area contributed by atoms with Gasteiger partial charge in [0.1, 0.15) is 5.60 Å². The molecule has 0 saturated carbocycles. The van der Waals surface area contributed by atoms with Gasteiger partial charge in [-0.15, -0.1) is 0 Å². The molecule has 3 heteroatoms. The molecular formula is C16H17ClO2. The van der Waals surface area contributed by atoms with Crippen LogP contribution in [0.5, 0.6) is 0 Å². The Morgan fingerprint density at radius 1 is 1.11 bits per heavy atom. The summed E-state index contributed by atoms with van der Waals surface area (Å²) in [6.45, 7) is 5.61. The number of carbonyl (C=O) groups is 1. The van der Waals surface area contributed by atoms with Gasteiger partial charge in [0.25, 0.3) is 0 Å². The number of fused-ring (bicyclic) bond motifs is 1. The molecule has 0 radical (unpaired) electrons. The fourth-order valence-electron chi connectivity index (χ4n) is 1.92. The Balaban J connectivity index is 2.18. The minimum Gasteiger partial charge on any atom is -0.460 e. The molecule has 19 heavy (non-hydrogen) atoms. The number of esters is 1. The molecule has 0 amide bonds. The van der Waals surface area contributed by atoms with Crippen LogP contribution in [-0.2, 0) is 16.0 Å². The lowest BCUT2D eigenvalue weighted by Gasteiger charge is -2.19. The van der Waals surface area contributed by atoms with E-state index in [1.807, 2.05) is 57.2 Å². The fraction of sp³-hybridized carbons (Fsp3) is 0.312. The normalized spacial score (nSPS) is 11.6. The van der Waals surface area contributed by atoms with Gasteiger partial charge in [0.15, 0.2) is 0 Å². The van der Waals surface area contributed by atoms with Crippen molar-refractivity contribution in [3.63, 3.8) is 0 Å². The Morgan fingerprint density at radius 3 is 2.42 bits per heavy atom. The number of carbonyl (C=O) groups excluding carboxylic acids is 1. The first kappa shape index (κ1) is 13.9. The summed E-state index contributed by atoms with van der Waals surface area (Å²) < 4.78 is 5.31. The molecule has 100 valence electrons. The van der Waals surface area contributed by atoms with Crippen LogP contribution in [0.25, 0.3) is 10.8 Å². The highest BCUT2D eigenvalue weighted by molar-refractivity contribution is 6.31. The number of ether oxygens (including phenoxy) is 1. The van der Waals surface area contributed by atoms with Gasteiger partial charge >= 0.3 is 5.97 Å². The third kappa shape index (κ3) is 3.97. The predicted molar refractivity (Wildman–Crippen MR) is 78.5 cm³/mol. The van der Waals surface area contributed by atoms with Crippen molar-refractivity contribution in [1.29, 1.82) is 0 Å². The Bertz CT molecular complexity index is 612. The highest BCUT2D eigenvalue weighted by atomic mass is 35.5. The van der Waals surface area contributed by atoms with Crippen LogP contribution in [0.2, 0.25) is 5.02 Å². The smallest absolute Gasteiger partial charge is 0.310 e. The van der Waals surface area contributed by atoms with Crippen LogP contribution in [0.1, 0.15) is 26.3 Å². The summed E-state index contributed by atoms with van der Waals surface area (Å²) >= 11 is 5.94. The van der Waals surface area contributed by atoms with Crippen molar-refractivity contribution >= 4 is 28.3 Å². The minimum atomic E-state index is -0.443. The van der Waals surface area contributed by atoms with E-state index in [2.05, 4.69) is 0 Å². The number of halogens is 1. The molecular weight excluding hydrogens is 260 g/mol. The van der Waals surface area contributed by atoms with Crippen LogP contribution in [0, 0.1) is 0 Å². The second-order valence-corrected chi connectivity index (χ2v) is 6.03. The van der Waals surface area contributed by atoms with Crippen molar-refractivity contribution in [2.45, 2.75) is 32.8 Å². The minimum absolute atomic E-state index is 0.208. The molecule has 0 atom stereocenters. The Labute approximate surface area is 118 Å². The quantitative estimate of drug-likeness (QED) is 0.761. The molecule has 0 aliphatic rings. The van der Waals surface area contributed by atoms with Crippen LogP contribution < -0.4 is 0 Å². The average Bonchev–Trinajstić information content (AvgIpc) is 2.26. The maximum Gasteiger partial charge on any atom is 0.310 e. The third-order valence-electron chi connectivity index (χ3n) is 2.64. The van der Waals surface area contributed by atoms with E-state index in [1.54, 1.807) is 0 Å². The largest absolute Gasteiger partial charge is 0.460 e. The highest BCUT2D eigenvalue weighted by Crippen LogP contribution is 2.21. The summed E-state index contributed by atoms with van der Waals surface area (Å²) in [7, 11) is 0. The van der Waals surface area contributed by atoms with Crippen LogP contribution in [0.4, 0.5) is 0 Å². The van der Waals surface area contributed by atoms with Crippen LogP contribution in [0.15, 0.2) is 36.4 Å². The van der Waals surface area contributed by atoms with Gasteiger partial charge in [-0.25, -0.2) is 0 Å². The van der Waals surface area contributed by atoms with Crippen LogP contribution in [0.3, 0.4) is 0 Å². The number of benzene rings is 2. The summed E-state index contributed by atoms with van der Waals surface area (Å²) in [6, 6.07) is 11.6. The molecule has 0 bridgehead atoms. The van der Waals surface area contributed by atoms with Crippen LogP contribution >= 0.6 is 11.6 Å². The fourth-order valence-corrected chi connectivity index (χ4v) is 2.10. The Kier molecular flexibility index (Phi) is 3.81. The van der Waals surface area contributed by atoms with Gasteiger partial charge in [-0.1, -0.05) is 35.9 Å². The molecule has 2 aromatic carbocycles. The molecule has 0 N–H and O–H groups in total. The molecule has 0 saturated heterocycles. The summed E-state index contributed by atoms with van der Waals surface area (Å²) in [6.07, 6.45) is 0.288. The maximum absolute atomic E-state index is 11.8. The summed E-state index contributed by atoms with van der Waals surface area (Å²) in [5.74, 6) is -0.208. The molecule has 0 unspecified atom stereocenters. The Morgan fingerprint density at radius 2 is 1.74 bits per heavy atom. The highest BCUT2D eigenvalue weighted by Gasteiger charge is 2.16. The van der Waals surface area contributed by atoms with E-state index in [1.165, 1.54) is 0 Å². The van der Waals surface area contributed by atoms with E-state index < -0.39 is 5.60 Å². The first-order valence-electron chi connectivity index (χ1n) is 6.23. The lowest BCUT2D eigenvalue weighted by molar-refractivity contribution is -0.153. The zero-order chi connectivity index (χ0) is 14.0. The molecule has 0 fully saturated rings. The third-order valence-corrected chi connectivity index (χ3v) is 2.87. The summed E-state index contributed by atoms with van der Waals surface area (Å²) in [5, 5.41) is 2.86. The molecule has 0 heterocycles. The first-order chi connectivity index (χ1) is 8.83. The van der Waals surface area contributed by atoms with E-state index in [0.29, 0.717) is 5.02 Å². The molecule has 2 aromatic rings. The molecule has 2 nitrogen and oxygen atoms in total. The van der Waals surface area contributed by atoms with Crippen molar-refractivity contribution in [2.75, 3.05) is 0 Å². The van der Waals surface area contributed by atoms with E-state index in [4.69, 9.17) is 16.3 Å². The summed E-state index contributed by atoms with van der Waals surface area (Å²) in [4.78, 5) is 11.8. The summed E-state index contributed by atoms with van der Waals surface area (Å²) in [5.41, 5.74) is 0.505. The standard InChI is InChI=1S/C16H17ClO2/c1-16(2,3)19-15(18)9-11-4-5-13-10-14(17)7-6-12(13)8-11/h4-8,10H,9H2,1-3H3. The van der Waals surface area contributed by atoms with Gasteiger partial charge in [0.05, 0.1) is 6.42 Å². The number of rotatable bonds is 2. The van der Waals surface area contributed by atoms with Crippen molar-refractivity contribution in [3.8, 4) is 0 Å². The molecule has 0 aromatic heterocycles. The first-order valence-corrected chi connectivity index (χ1v) is 6.61. The molecule has 0 aliphatic heterocycles. The average molecular weight is 277 g/mol. The lowest BCUT2D eigenvalue weighted by atomic mass is 10.1. The van der Waals surface area contributed by atoms with E-state index >= 15 is 0 Å². The van der Waals surface area contributed by atoms with Crippen molar-refractivity contribution in [2.24, 2.45) is 0 Å². The van der Waals surface area contributed by atoms with E-state index in [-0.39, 0.29) is 12.4 Å². The zero-order valence-corrected chi connectivity index (χ0v) is 12.1. The lowest BCUT2D eigenvalue weighted by Crippen LogP contribution is -2.24. The maximum atomic E-state index is 11.8. The molecule has 0 aliphatic carbocycles. The zero-order valence-electron chi connectivity index (χ0n) is 11.4. The monoisotopic (exact) mass is 276 g/mol. The van der Waals surface area contributed by atoms with Gasteiger partial charge in [-0.3, -0.25) is 4.79 Å². The molecule has 0 spiro atoms. The topological polar surface area (TPSA) is 26.3 Å². The van der Waals surface area contributed by atoms with Crippen LogP contribution in [-0.4, -0.2) is 11.6 Å². The predicted octanol–water partition coefficient (Wildman–Crippen LogP) is 4.38. The van der Waals surface area contributed by atoms with E-state index in [0.717, 1.165) is 16.3 Å². The second-order valence-electron chi connectivity index (χ2n) is 5.59. The second kappa shape index (κ2) is 5.22. The van der Waals surface area contributed by atoms with Crippen molar-refractivity contribution in [1.82, 2.24) is 0 Å². The van der Waals surface area contributed by atoms with E-state index in [9.17, 15) is 4.79 Å². The van der Waals surface area contributed by atoms with Crippen molar-refractivity contribution < 1.29 is 9.53 Å². The van der Waals surface area contributed by atoms with Crippen molar-refractivity contribution in [3.05, 3.63) is 47.0 Å². The van der Waals surface area contributed by atoms with Gasteiger partial charge in [0, 0.05) is 5.02 Å². The van der Waals surface area contributed by atoms with Gasteiger partial charge in [-0.05, 0) is 49.2 Å². The Hall–Kier alpha value is -1.54. The van der Waals surface area contributed by atoms with Gasteiger partial charge in [-0.2, -0.15) is 0 Å². The van der Waals surface area contributed by atoms with Gasteiger partial charge in [0.2, 0.25) is 0 Å². The van der Waals surface area contributed by atoms with Gasteiger partial charge < -0.3 is 4.74 Å². The number of hydrogen-bond donors (Lipinski definition) is 0. The SMILES string of the molecule is CC(C)(C)OC(=O)Cc1ccc2cc(Cl)ccc2c1.